The van der Waals surface area contributed by atoms with Crippen LogP contribution in [0.2, 0.25) is 0 Å². The highest BCUT2D eigenvalue weighted by Gasteiger charge is 2.29. The molecule has 0 fully saturated rings. The van der Waals surface area contributed by atoms with Crippen molar-refractivity contribution in [3.63, 3.8) is 0 Å². The Morgan fingerprint density at radius 1 is 0.588 bits per heavy atom. The van der Waals surface area contributed by atoms with Crippen LogP contribution in [0, 0.1) is 0 Å². The van der Waals surface area contributed by atoms with E-state index < -0.39 is 28.4 Å². The third-order valence-electron chi connectivity index (χ3n) is 6.79. The molecule has 2 heterocycles. The maximum atomic E-state index is 13.1. The van der Waals surface area contributed by atoms with Crippen molar-refractivity contribution in [1.82, 2.24) is 18.3 Å². The van der Waals surface area contributed by atoms with Gasteiger partial charge in [-0.15, -0.1) is 0 Å². The van der Waals surface area contributed by atoms with E-state index in [1.807, 2.05) is 0 Å². The highest BCUT2D eigenvalue weighted by Crippen LogP contribution is 2.31. The van der Waals surface area contributed by atoms with Crippen LogP contribution >= 0.6 is 0 Å². The van der Waals surface area contributed by atoms with Gasteiger partial charge in [-0.05, 0) is 6.42 Å². The van der Waals surface area contributed by atoms with E-state index >= 15 is 0 Å². The van der Waals surface area contributed by atoms with Gasteiger partial charge in [-0.1, -0.05) is 64.7 Å². The Bertz CT molecular complexity index is 1150. The molecule has 2 aromatic rings. The number of nitrogens with zero attached hydrogens (tertiary/aromatic N) is 4. The Morgan fingerprint density at radius 2 is 0.941 bits per heavy atom. The quantitative estimate of drug-likeness (QED) is 0.447. The number of hydrogen-bond acceptors (Lipinski definition) is 6. The summed E-state index contributed by atoms with van der Waals surface area (Å²) in [4.78, 5) is 51.0. The fourth-order valence-corrected chi connectivity index (χ4v) is 4.52. The highest BCUT2D eigenvalue weighted by molar-refractivity contribution is 5.51. The first kappa shape index (κ1) is 27.2. The highest BCUT2D eigenvalue weighted by atomic mass is 16.2. The minimum absolute atomic E-state index is 0.00401. The summed E-state index contributed by atoms with van der Waals surface area (Å²) in [6.07, 6.45) is 10.5. The maximum Gasteiger partial charge on any atom is 0.332 e. The number of hydrogen-bond donors (Lipinski definition) is 2. The molecule has 190 valence electrons. The average Bonchev–Trinajstić information content (AvgIpc) is 2.82. The lowest BCUT2D eigenvalue weighted by Crippen LogP contribution is -2.44. The van der Waals surface area contributed by atoms with Crippen LogP contribution in [0.1, 0.15) is 88.2 Å². The lowest BCUT2D eigenvalue weighted by Gasteiger charge is -2.23. The molecular formula is C24H40N6O4. The molecule has 4 N–H and O–H groups in total. The van der Waals surface area contributed by atoms with Gasteiger partial charge < -0.3 is 11.5 Å². The first-order valence-electron chi connectivity index (χ1n) is 12.2. The molecule has 0 aromatic carbocycles. The normalized spacial score (nSPS) is 11.5. The number of unbranched alkanes of at least 4 members (excludes halogenated alkanes) is 8. The van der Waals surface area contributed by atoms with Crippen LogP contribution in [-0.4, -0.2) is 18.3 Å². The Kier molecular flexibility index (Phi) is 9.52. The zero-order chi connectivity index (χ0) is 25.6. The summed E-state index contributed by atoms with van der Waals surface area (Å²) in [5, 5.41) is 0. The summed E-state index contributed by atoms with van der Waals surface area (Å²) in [6, 6.07) is 0. The zero-order valence-corrected chi connectivity index (χ0v) is 21.2. The van der Waals surface area contributed by atoms with Crippen LogP contribution in [0.25, 0.3) is 0 Å². The molecule has 2 aromatic heterocycles. The number of anilines is 2. The predicted molar refractivity (Wildman–Crippen MR) is 136 cm³/mol. The second kappa shape index (κ2) is 11.9. The van der Waals surface area contributed by atoms with Crippen LogP contribution in [0.4, 0.5) is 11.6 Å². The van der Waals surface area contributed by atoms with Gasteiger partial charge in [0.25, 0.3) is 11.1 Å². The van der Waals surface area contributed by atoms with E-state index in [-0.39, 0.29) is 22.8 Å². The van der Waals surface area contributed by atoms with Crippen molar-refractivity contribution >= 4 is 11.6 Å². The Hall–Kier alpha value is -3.04. The van der Waals surface area contributed by atoms with Gasteiger partial charge in [0, 0.05) is 34.1 Å². The Balaban J connectivity index is 2.43. The van der Waals surface area contributed by atoms with Crippen LogP contribution < -0.4 is 34.0 Å². The molecule has 2 rings (SSSR count). The first-order valence-corrected chi connectivity index (χ1v) is 12.2. The summed E-state index contributed by atoms with van der Waals surface area (Å²) in [7, 11) is 5.73. The Morgan fingerprint density at radius 3 is 1.32 bits per heavy atom. The second-order valence-electron chi connectivity index (χ2n) is 9.18. The monoisotopic (exact) mass is 476 g/mol. The van der Waals surface area contributed by atoms with E-state index in [4.69, 9.17) is 11.5 Å². The van der Waals surface area contributed by atoms with E-state index in [9.17, 15) is 19.2 Å². The third kappa shape index (κ3) is 5.53. The van der Waals surface area contributed by atoms with Crippen molar-refractivity contribution in [1.29, 1.82) is 0 Å². The molecular weight excluding hydrogens is 436 g/mol. The van der Waals surface area contributed by atoms with Crippen LogP contribution in [-0.2, 0) is 28.2 Å². The SMILES string of the molecule is CCCCCCCCCCCC(c1c(N)n(C)c(=O)n(C)c1=O)c1c(N)n(C)c(=O)n(C)c1=O. The molecule has 10 heteroatoms. The second-order valence-corrected chi connectivity index (χ2v) is 9.18. The number of rotatable bonds is 12. The van der Waals surface area contributed by atoms with Gasteiger partial charge in [0.15, 0.2) is 0 Å². The third-order valence-corrected chi connectivity index (χ3v) is 6.79. The topological polar surface area (TPSA) is 140 Å². The van der Waals surface area contributed by atoms with E-state index in [0.29, 0.717) is 6.42 Å². The summed E-state index contributed by atoms with van der Waals surface area (Å²) in [5.41, 5.74) is 10.6. The van der Waals surface area contributed by atoms with Gasteiger partial charge in [0.1, 0.15) is 11.6 Å². The fraction of sp³-hybridized carbons (Fsp3) is 0.667. The van der Waals surface area contributed by atoms with Gasteiger partial charge in [-0.25, -0.2) is 9.59 Å². The largest absolute Gasteiger partial charge is 0.385 e. The molecule has 10 nitrogen and oxygen atoms in total. The van der Waals surface area contributed by atoms with E-state index in [0.717, 1.165) is 34.8 Å². The number of aromatic nitrogens is 4. The smallest absolute Gasteiger partial charge is 0.332 e. The Labute approximate surface area is 199 Å². The summed E-state index contributed by atoms with van der Waals surface area (Å²) in [5.74, 6) is -0.728. The van der Waals surface area contributed by atoms with Gasteiger partial charge in [-0.2, -0.15) is 0 Å². The molecule has 0 aliphatic carbocycles. The van der Waals surface area contributed by atoms with Gasteiger partial charge in [0.2, 0.25) is 0 Å². The van der Waals surface area contributed by atoms with Gasteiger partial charge in [0.05, 0.1) is 11.1 Å². The summed E-state index contributed by atoms with van der Waals surface area (Å²) in [6.45, 7) is 2.20. The molecule has 0 saturated heterocycles. The van der Waals surface area contributed by atoms with Crippen molar-refractivity contribution in [2.24, 2.45) is 28.2 Å². The van der Waals surface area contributed by atoms with Crippen LogP contribution in [0.5, 0.6) is 0 Å². The van der Waals surface area contributed by atoms with E-state index in [2.05, 4.69) is 6.92 Å². The molecule has 0 saturated carbocycles. The first-order chi connectivity index (χ1) is 16.1. The van der Waals surface area contributed by atoms with Crippen molar-refractivity contribution < 1.29 is 0 Å². The number of nitrogen functional groups attached to an aromatic ring is 2. The maximum absolute atomic E-state index is 13.1. The standard InChI is InChI=1S/C24H40N6O4/c1-6-7-8-9-10-11-12-13-14-15-16(17-19(25)27(2)23(33)29(4)21(17)31)18-20(26)28(3)24(34)30(5)22(18)32/h16H,6-15,25-26H2,1-5H3. The molecule has 0 spiro atoms. The van der Waals surface area contributed by atoms with Crippen molar-refractivity contribution in [3.05, 3.63) is 52.8 Å². The lowest BCUT2D eigenvalue weighted by molar-refractivity contribution is 0.536. The summed E-state index contributed by atoms with van der Waals surface area (Å²) < 4.78 is 4.36. The van der Waals surface area contributed by atoms with Crippen LogP contribution in [0.3, 0.4) is 0 Å². The molecule has 0 atom stereocenters. The van der Waals surface area contributed by atoms with Crippen molar-refractivity contribution in [2.45, 2.75) is 77.0 Å². The molecule has 0 aliphatic heterocycles. The van der Waals surface area contributed by atoms with Crippen molar-refractivity contribution in [3.8, 4) is 0 Å². The minimum atomic E-state index is -0.736. The minimum Gasteiger partial charge on any atom is -0.385 e. The molecule has 0 unspecified atom stereocenters. The van der Waals surface area contributed by atoms with Crippen molar-refractivity contribution in [2.75, 3.05) is 11.5 Å². The predicted octanol–water partition coefficient (Wildman–Crippen LogP) is 1.70. The summed E-state index contributed by atoms with van der Waals surface area (Å²) >= 11 is 0. The van der Waals surface area contributed by atoms with Gasteiger partial charge >= 0.3 is 11.4 Å². The van der Waals surface area contributed by atoms with E-state index in [1.54, 1.807) is 0 Å². The number of nitrogens with two attached hydrogens (primary N) is 2. The fourth-order valence-electron chi connectivity index (χ4n) is 4.52. The van der Waals surface area contributed by atoms with Crippen LogP contribution in [0.15, 0.2) is 19.2 Å². The zero-order valence-electron chi connectivity index (χ0n) is 21.2. The van der Waals surface area contributed by atoms with Gasteiger partial charge in [-0.3, -0.25) is 27.9 Å². The molecule has 0 bridgehead atoms. The molecule has 34 heavy (non-hydrogen) atoms. The lowest BCUT2D eigenvalue weighted by atomic mass is 9.87. The van der Waals surface area contributed by atoms with E-state index in [1.165, 1.54) is 69.4 Å². The molecule has 0 amide bonds. The molecule has 0 aliphatic rings. The molecule has 0 radical (unpaired) electrons. The average molecular weight is 477 g/mol.